The van der Waals surface area contributed by atoms with Gasteiger partial charge in [0.2, 0.25) is 11.8 Å². The number of primary amides is 1. The Bertz CT molecular complexity index is 776. The molecule has 1 fully saturated rings. The van der Waals surface area contributed by atoms with Crippen molar-refractivity contribution in [2.45, 2.75) is 13.3 Å². The Hall–Kier alpha value is -2.82. The lowest BCUT2D eigenvalue weighted by Gasteiger charge is -2.17. The quantitative estimate of drug-likeness (QED) is 0.866. The summed E-state index contributed by atoms with van der Waals surface area (Å²) in [4.78, 5) is 26.2. The van der Waals surface area contributed by atoms with Crippen LogP contribution < -0.4 is 10.5 Å². The summed E-state index contributed by atoms with van der Waals surface area (Å²) in [5, 5.41) is 0. The second-order valence-corrected chi connectivity index (χ2v) is 6.86. The zero-order valence-electron chi connectivity index (χ0n) is 14.9. The predicted molar refractivity (Wildman–Crippen MR) is 99.6 cm³/mol. The van der Waals surface area contributed by atoms with Gasteiger partial charge in [-0.1, -0.05) is 48.0 Å². The number of hydrogen-bond donors (Lipinski definition) is 1. The summed E-state index contributed by atoms with van der Waals surface area (Å²) in [7, 11) is 0. The summed E-state index contributed by atoms with van der Waals surface area (Å²) >= 11 is 0. The van der Waals surface area contributed by atoms with E-state index in [1.54, 1.807) is 4.90 Å². The average Bonchev–Trinajstić information content (AvgIpc) is 3.06. The fourth-order valence-corrected chi connectivity index (χ4v) is 3.39. The number of para-hydroxylation sites is 1. The molecular formula is C21H24N2O3. The molecule has 0 aromatic heterocycles. The van der Waals surface area contributed by atoms with Gasteiger partial charge in [-0.3, -0.25) is 9.59 Å². The number of carbonyl (C=O) groups is 2. The highest BCUT2D eigenvalue weighted by molar-refractivity contribution is 5.82. The van der Waals surface area contributed by atoms with E-state index in [4.69, 9.17) is 10.5 Å². The molecule has 2 aromatic rings. The molecule has 3 rings (SSSR count). The molecule has 1 saturated heterocycles. The maximum absolute atomic E-state index is 12.6. The Balaban J connectivity index is 1.62. The third-order valence-corrected chi connectivity index (χ3v) is 4.80. The second kappa shape index (κ2) is 8.04. The minimum atomic E-state index is -0.377. The van der Waals surface area contributed by atoms with Crippen LogP contribution in [0.4, 0.5) is 0 Å². The lowest BCUT2D eigenvalue weighted by Crippen LogP contribution is -2.33. The monoisotopic (exact) mass is 352 g/mol. The molecule has 2 amide bonds. The Kier molecular flexibility index (Phi) is 5.56. The van der Waals surface area contributed by atoms with E-state index in [0.29, 0.717) is 26.1 Å². The second-order valence-electron chi connectivity index (χ2n) is 6.86. The first kappa shape index (κ1) is 18.0. The molecule has 5 nitrogen and oxygen atoms in total. The Morgan fingerprint density at radius 1 is 1.12 bits per heavy atom. The van der Waals surface area contributed by atoms with Gasteiger partial charge in [0.05, 0.1) is 18.9 Å². The van der Waals surface area contributed by atoms with Crippen LogP contribution in [0.3, 0.4) is 0 Å². The molecule has 2 atom stereocenters. The van der Waals surface area contributed by atoms with Crippen molar-refractivity contribution in [2.75, 3.05) is 19.7 Å². The van der Waals surface area contributed by atoms with E-state index in [1.165, 1.54) is 0 Å². The van der Waals surface area contributed by atoms with Gasteiger partial charge in [-0.2, -0.15) is 0 Å². The van der Waals surface area contributed by atoms with Gasteiger partial charge in [-0.15, -0.1) is 0 Å². The van der Waals surface area contributed by atoms with E-state index in [2.05, 4.69) is 0 Å². The predicted octanol–water partition coefficient (Wildman–Crippen LogP) is 2.18. The van der Waals surface area contributed by atoms with Crippen LogP contribution in [0.2, 0.25) is 0 Å². The standard InChI is InChI=1S/C21H24N2O3/c1-15-6-5-7-16(10-15)11-20(24)23-12-17(19(13-23)21(22)25)14-26-18-8-3-2-4-9-18/h2-10,17,19H,11-14H2,1H3,(H2,22,25)/t17-,19+/m0/s1. The Morgan fingerprint density at radius 2 is 1.88 bits per heavy atom. The topological polar surface area (TPSA) is 72.6 Å². The molecule has 0 unspecified atom stereocenters. The first-order valence-electron chi connectivity index (χ1n) is 8.83. The van der Waals surface area contributed by atoms with E-state index < -0.39 is 0 Å². The summed E-state index contributed by atoms with van der Waals surface area (Å²) in [6.45, 7) is 3.23. The largest absolute Gasteiger partial charge is 0.493 e. The zero-order valence-corrected chi connectivity index (χ0v) is 14.9. The van der Waals surface area contributed by atoms with Crippen LogP contribution in [-0.2, 0) is 16.0 Å². The van der Waals surface area contributed by atoms with Crippen molar-refractivity contribution in [1.29, 1.82) is 0 Å². The molecular weight excluding hydrogens is 328 g/mol. The first-order chi connectivity index (χ1) is 12.5. The number of benzene rings is 2. The van der Waals surface area contributed by atoms with E-state index in [1.807, 2.05) is 61.5 Å². The molecule has 1 aliphatic heterocycles. The van der Waals surface area contributed by atoms with Crippen LogP contribution in [0.25, 0.3) is 0 Å². The number of aryl methyl sites for hydroxylation is 1. The normalized spacial score (nSPS) is 19.3. The smallest absolute Gasteiger partial charge is 0.227 e. The van der Waals surface area contributed by atoms with Gasteiger partial charge in [0.1, 0.15) is 5.75 Å². The highest BCUT2D eigenvalue weighted by Crippen LogP contribution is 2.25. The number of likely N-dealkylation sites (tertiary alicyclic amines) is 1. The van der Waals surface area contributed by atoms with Crippen molar-refractivity contribution >= 4 is 11.8 Å². The number of nitrogens with two attached hydrogens (primary N) is 1. The SMILES string of the molecule is Cc1cccc(CC(=O)N2C[C@@H](COc3ccccc3)[C@H](C(N)=O)C2)c1. The maximum atomic E-state index is 12.6. The fourth-order valence-electron chi connectivity index (χ4n) is 3.39. The van der Waals surface area contributed by atoms with Crippen molar-refractivity contribution < 1.29 is 14.3 Å². The molecule has 0 spiro atoms. The Morgan fingerprint density at radius 3 is 2.58 bits per heavy atom. The lowest BCUT2D eigenvalue weighted by molar-refractivity contribution is -0.129. The minimum absolute atomic E-state index is 0.0176. The molecule has 2 N–H and O–H groups in total. The molecule has 0 saturated carbocycles. The summed E-state index contributed by atoms with van der Waals surface area (Å²) in [6.07, 6.45) is 0.333. The van der Waals surface area contributed by atoms with Gasteiger partial charge in [-0.05, 0) is 24.6 Å². The summed E-state index contributed by atoms with van der Waals surface area (Å²) in [5.41, 5.74) is 7.67. The third-order valence-electron chi connectivity index (χ3n) is 4.80. The third kappa shape index (κ3) is 4.42. The molecule has 5 heteroatoms. The molecule has 2 aromatic carbocycles. The highest BCUT2D eigenvalue weighted by atomic mass is 16.5. The fraction of sp³-hybridized carbons (Fsp3) is 0.333. The van der Waals surface area contributed by atoms with E-state index in [0.717, 1.165) is 16.9 Å². The van der Waals surface area contributed by atoms with E-state index in [9.17, 15) is 9.59 Å². The number of carbonyl (C=O) groups excluding carboxylic acids is 2. The van der Waals surface area contributed by atoms with Crippen LogP contribution in [0.15, 0.2) is 54.6 Å². The highest BCUT2D eigenvalue weighted by Gasteiger charge is 2.38. The average molecular weight is 352 g/mol. The van der Waals surface area contributed by atoms with Gasteiger partial charge >= 0.3 is 0 Å². The van der Waals surface area contributed by atoms with Crippen LogP contribution in [0.1, 0.15) is 11.1 Å². The van der Waals surface area contributed by atoms with Gasteiger partial charge in [-0.25, -0.2) is 0 Å². The summed E-state index contributed by atoms with van der Waals surface area (Å²) in [6, 6.07) is 17.4. The van der Waals surface area contributed by atoms with Crippen LogP contribution in [0.5, 0.6) is 5.75 Å². The molecule has 0 radical (unpaired) electrons. The minimum Gasteiger partial charge on any atom is -0.493 e. The van der Waals surface area contributed by atoms with Gasteiger partial charge in [0.25, 0.3) is 0 Å². The van der Waals surface area contributed by atoms with Crippen molar-refractivity contribution in [3.63, 3.8) is 0 Å². The van der Waals surface area contributed by atoms with Crippen LogP contribution >= 0.6 is 0 Å². The number of rotatable bonds is 6. The molecule has 0 bridgehead atoms. The van der Waals surface area contributed by atoms with Crippen LogP contribution in [-0.4, -0.2) is 36.4 Å². The van der Waals surface area contributed by atoms with Crippen molar-refractivity contribution in [3.05, 3.63) is 65.7 Å². The van der Waals surface area contributed by atoms with Crippen molar-refractivity contribution in [3.8, 4) is 5.75 Å². The molecule has 1 heterocycles. The number of ether oxygens (including phenoxy) is 1. The molecule has 136 valence electrons. The Labute approximate surface area is 153 Å². The number of amides is 2. The molecule has 0 aliphatic carbocycles. The van der Waals surface area contributed by atoms with Gasteiger partial charge < -0.3 is 15.4 Å². The van der Waals surface area contributed by atoms with E-state index in [-0.39, 0.29) is 23.7 Å². The summed E-state index contributed by atoms with van der Waals surface area (Å²) in [5.74, 6) is -0.0730. The van der Waals surface area contributed by atoms with Crippen molar-refractivity contribution in [2.24, 2.45) is 17.6 Å². The first-order valence-corrected chi connectivity index (χ1v) is 8.83. The molecule has 26 heavy (non-hydrogen) atoms. The number of nitrogens with zero attached hydrogens (tertiary/aromatic N) is 1. The van der Waals surface area contributed by atoms with Gasteiger partial charge in [0.15, 0.2) is 0 Å². The number of hydrogen-bond acceptors (Lipinski definition) is 3. The van der Waals surface area contributed by atoms with E-state index >= 15 is 0 Å². The zero-order chi connectivity index (χ0) is 18.5. The lowest BCUT2D eigenvalue weighted by atomic mass is 9.96. The van der Waals surface area contributed by atoms with Crippen molar-refractivity contribution in [1.82, 2.24) is 4.90 Å². The van der Waals surface area contributed by atoms with Gasteiger partial charge in [0, 0.05) is 19.0 Å². The summed E-state index contributed by atoms with van der Waals surface area (Å²) < 4.78 is 5.79. The molecule has 1 aliphatic rings. The van der Waals surface area contributed by atoms with Crippen LogP contribution in [0, 0.1) is 18.8 Å². The maximum Gasteiger partial charge on any atom is 0.227 e.